The summed E-state index contributed by atoms with van der Waals surface area (Å²) in [6.45, 7) is 3.95. The highest BCUT2D eigenvalue weighted by Gasteiger charge is 2.23. The molecule has 4 heterocycles. The fourth-order valence-corrected chi connectivity index (χ4v) is 3.01. The van der Waals surface area contributed by atoms with Crippen molar-refractivity contribution in [3.05, 3.63) is 36.5 Å². The van der Waals surface area contributed by atoms with Gasteiger partial charge in [0.25, 0.3) is 5.78 Å². The molecular weight excluding hydrogens is 266 g/mol. The average Bonchev–Trinajstić information content (AvgIpc) is 3.17. The Morgan fingerprint density at radius 3 is 3.10 bits per heavy atom. The number of aromatic nitrogens is 6. The van der Waals surface area contributed by atoms with Gasteiger partial charge in [-0.1, -0.05) is 0 Å². The summed E-state index contributed by atoms with van der Waals surface area (Å²) in [6, 6.07) is 4.46. The van der Waals surface area contributed by atoms with Crippen LogP contribution in [0.4, 0.5) is 5.82 Å². The normalized spacial score (nSPS) is 19.3. The summed E-state index contributed by atoms with van der Waals surface area (Å²) in [5.41, 5.74) is 0.965. The van der Waals surface area contributed by atoms with Gasteiger partial charge in [-0.05, 0) is 25.8 Å². The number of rotatable bonds is 2. The van der Waals surface area contributed by atoms with Gasteiger partial charge in [0.15, 0.2) is 0 Å². The van der Waals surface area contributed by atoms with Gasteiger partial charge >= 0.3 is 0 Å². The third kappa shape index (κ3) is 2.14. The predicted molar refractivity (Wildman–Crippen MR) is 78.2 cm³/mol. The minimum atomic E-state index is 0.404. The van der Waals surface area contributed by atoms with Gasteiger partial charge in [-0.15, -0.1) is 0 Å². The molecule has 1 aliphatic rings. The molecule has 0 bridgehead atoms. The molecule has 3 aromatic rings. The van der Waals surface area contributed by atoms with Crippen molar-refractivity contribution in [1.29, 1.82) is 0 Å². The lowest BCUT2D eigenvalue weighted by atomic mass is 10.1. The third-order valence-corrected chi connectivity index (χ3v) is 3.98. The van der Waals surface area contributed by atoms with Crippen LogP contribution in [0.1, 0.15) is 24.6 Å². The van der Waals surface area contributed by atoms with Crippen molar-refractivity contribution >= 4 is 11.6 Å². The summed E-state index contributed by atoms with van der Waals surface area (Å²) in [4.78, 5) is 11.0. The van der Waals surface area contributed by atoms with Crippen LogP contribution in [0.15, 0.2) is 30.9 Å². The first-order chi connectivity index (χ1) is 10.3. The second-order valence-electron chi connectivity index (χ2n) is 5.46. The summed E-state index contributed by atoms with van der Waals surface area (Å²) in [5, 5.41) is 8.68. The first-order valence-electron chi connectivity index (χ1n) is 7.23. The molecule has 1 atom stereocenters. The van der Waals surface area contributed by atoms with E-state index in [0.29, 0.717) is 11.8 Å². The van der Waals surface area contributed by atoms with Gasteiger partial charge in [-0.2, -0.15) is 19.7 Å². The fraction of sp³-hybridized carbons (Fsp3) is 0.429. The van der Waals surface area contributed by atoms with Crippen LogP contribution < -0.4 is 4.90 Å². The van der Waals surface area contributed by atoms with Crippen LogP contribution in [-0.2, 0) is 0 Å². The van der Waals surface area contributed by atoms with Crippen molar-refractivity contribution < 1.29 is 0 Å². The number of hydrogen-bond donors (Lipinski definition) is 0. The maximum absolute atomic E-state index is 4.41. The molecule has 0 N–H and O–H groups in total. The summed E-state index contributed by atoms with van der Waals surface area (Å²) in [5.74, 6) is 1.72. The minimum absolute atomic E-state index is 0.404. The third-order valence-electron chi connectivity index (χ3n) is 3.98. The van der Waals surface area contributed by atoms with Crippen LogP contribution in [0, 0.1) is 6.92 Å². The molecule has 4 rings (SSSR count). The van der Waals surface area contributed by atoms with E-state index in [-0.39, 0.29) is 0 Å². The number of anilines is 1. The van der Waals surface area contributed by atoms with Crippen LogP contribution in [0.2, 0.25) is 0 Å². The Bertz CT molecular complexity index is 746. The predicted octanol–water partition coefficient (Wildman–Crippen LogP) is 1.47. The van der Waals surface area contributed by atoms with Gasteiger partial charge in [0, 0.05) is 37.2 Å². The molecule has 7 nitrogen and oxygen atoms in total. The fourth-order valence-electron chi connectivity index (χ4n) is 3.01. The molecule has 108 valence electrons. The number of hydrogen-bond acceptors (Lipinski definition) is 5. The molecule has 1 aliphatic heterocycles. The summed E-state index contributed by atoms with van der Waals surface area (Å²) in [7, 11) is 0. The summed E-state index contributed by atoms with van der Waals surface area (Å²) < 4.78 is 3.87. The highest BCUT2D eigenvalue weighted by atomic mass is 15.4. The topological polar surface area (TPSA) is 64.1 Å². The zero-order valence-electron chi connectivity index (χ0n) is 11.9. The number of nitrogens with zero attached hydrogens (tertiary/aromatic N) is 7. The Morgan fingerprint density at radius 1 is 1.29 bits per heavy atom. The molecule has 1 unspecified atom stereocenters. The molecule has 3 aromatic heterocycles. The molecular formula is C14H17N7. The van der Waals surface area contributed by atoms with Crippen molar-refractivity contribution in [3.63, 3.8) is 0 Å². The molecule has 1 fully saturated rings. The highest BCUT2D eigenvalue weighted by molar-refractivity contribution is 5.47. The van der Waals surface area contributed by atoms with Crippen molar-refractivity contribution in [3.8, 4) is 0 Å². The smallest absolute Gasteiger partial charge is 0.254 e. The second kappa shape index (κ2) is 4.83. The lowest BCUT2D eigenvalue weighted by Crippen LogP contribution is -2.38. The van der Waals surface area contributed by atoms with Crippen LogP contribution in [0.3, 0.4) is 0 Å². The monoisotopic (exact) mass is 283 g/mol. The number of fused-ring (bicyclic) bond motifs is 1. The maximum Gasteiger partial charge on any atom is 0.254 e. The summed E-state index contributed by atoms with van der Waals surface area (Å²) in [6.07, 6.45) is 7.73. The van der Waals surface area contributed by atoms with E-state index in [9.17, 15) is 0 Å². The average molecular weight is 283 g/mol. The van der Waals surface area contributed by atoms with E-state index in [0.717, 1.165) is 37.4 Å². The van der Waals surface area contributed by atoms with Crippen molar-refractivity contribution in [2.24, 2.45) is 0 Å². The van der Waals surface area contributed by atoms with E-state index in [1.165, 1.54) is 0 Å². The minimum Gasteiger partial charge on any atom is -0.354 e. The number of aryl methyl sites for hydroxylation is 1. The zero-order valence-corrected chi connectivity index (χ0v) is 11.9. The van der Waals surface area contributed by atoms with Gasteiger partial charge in [0.1, 0.15) is 12.1 Å². The quantitative estimate of drug-likeness (QED) is 0.712. The molecule has 1 saturated heterocycles. The Kier molecular flexibility index (Phi) is 2.83. The first-order valence-corrected chi connectivity index (χ1v) is 7.23. The zero-order chi connectivity index (χ0) is 14.2. The molecule has 0 radical (unpaired) electrons. The van der Waals surface area contributed by atoms with E-state index in [1.54, 1.807) is 6.33 Å². The van der Waals surface area contributed by atoms with Gasteiger partial charge in [0.05, 0.1) is 6.04 Å². The first kappa shape index (κ1) is 12.3. The molecule has 0 aromatic carbocycles. The van der Waals surface area contributed by atoms with Crippen LogP contribution in [0.25, 0.3) is 5.78 Å². The van der Waals surface area contributed by atoms with Crippen molar-refractivity contribution in [1.82, 2.24) is 29.4 Å². The second-order valence-corrected chi connectivity index (χ2v) is 5.46. The Labute approximate surface area is 122 Å². The lowest BCUT2D eigenvalue weighted by molar-refractivity contribution is 0.374. The van der Waals surface area contributed by atoms with Gasteiger partial charge in [-0.3, -0.25) is 4.68 Å². The molecule has 0 aliphatic carbocycles. The van der Waals surface area contributed by atoms with E-state index < -0.39 is 0 Å². The number of piperidine rings is 1. The van der Waals surface area contributed by atoms with Crippen LogP contribution >= 0.6 is 0 Å². The van der Waals surface area contributed by atoms with E-state index in [4.69, 9.17) is 0 Å². The van der Waals surface area contributed by atoms with Crippen LogP contribution in [-0.4, -0.2) is 42.5 Å². The molecule has 0 saturated carbocycles. The SMILES string of the molecule is Cc1cc(N2CCCC(n3cccn3)C2)n2ncnc2n1. The van der Waals surface area contributed by atoms with Crippen molar-refractivity contribution in [2.45, 2.75) is 25.8 Å². The largest absolute Gasteiger partial charge is 0.354 e. The van der Waals surface area contributed by atoms with Gasteiger partial charge in [-0.25, -0.2) is 4.98 Å². The van der Waals surface area contributed by atoms with E-state index in [1.807, 2.05) is 29.9 Å². The Hall–Kier alpha value is -2.44. The molecule has 21 heavy (non-hydrogen) atoms. The lowest BCUT2D eigenvalue weighted by Gasteiger charge is -2.34. The summed E-state index contributed by atoms with van der Waals surface area (Å²) >= 11 is 0. The maximum atomic E-state index is 4.41. The highest BCUT2D eigenvalue weighted by Crippen LogP contribution is 2.26. The molecule has 0 amide bonds. The van der Waals surface area contributed by atoms with Crippen molar-refractivity contribution in [2.75, 3.05) is 18.0 Å². The standard InChI is InChI=1S/C14H17N7/c1-11-8-13(21-14(18-11)15-10-17-21)19-6-2-4-12(9-19)20-7-3-5-16-20/h3,5,7-8,10,12H,2,4,6,9H2,1H3. The Balaban J connectivity index is 1.70. The molecule has 0 spiro atoms. The van der Waals surface area contributed by atoms with Gasteiger partial charge < -0.3 is 4.90 Å². The van der Waals surface area contributed by atoms with Gasteiger partial charge in [0.2, 0.25) is 0 Å². The Morgan fingerprint density at radius 2 is 2.24 bits per heavy atom. The van der Waals surface area contributed by atoms with E-state index >= 15 is 0 Å². The van der Waals surface area contributed by atoms with Crippen LogP contribution in [0.5, 0.6) is 0 Å². The molecule has 7 heteroatoms. The van der Waals surface area contributed by atoms with E-state index in [2.05, 4.69) is 35.8 Å².